The fourth-order valence-corrected chi connectivity index (χ4v) is 6.75. The molecule has 21 heteroatoms. The normalized spacial score (nSPS) is 12.6. The molecule has 0 bridgehead atoms. The number of sulfone groups is 1. The zero-order chi connectivity index (χ0) is 47.0. The van der Waals surface area contributed by atoms with Crippen LogP contribution in [0.1, 0.15) is 89.0 Å². The van der Waals surface area contributed by atoms with Crippen molar-refractivity contribution >= 4 is 53.1 Å². The lowest BCUT2D eigenvalue weighted by Crippen LogP contribution is -2.45. The molecule has 6 N–H and O–H groups in total. The second-order valence-electron chi connectivity index (χ2n) is 16.0. The fourth-order valence-electron chi connectivity index (χ4n) is 5.72. The minimum atomic E-state index is -3.47. The summed E-state index contributed by atoms with van der Waals surface area (Å²) in [6, 6.07) is 5.97. The van der Waals surface area contributed by atoms with E-state index >= 15 is 0 Å². The van der Waals surface area contributed by atoms with E-state index in [1.54, 1.807) is 35.1 Å². The molecule has 2 unspecified atom stereocenters. The molecule has 0 radical (unpaired) electrons. The zero-order valence-electron chi connectivity index (χ0n) is 37.5. The summed E-state index contributed by atoms with van der Waals surface area (Å²) in [7, 11) is -3.96. The van der Waals surface area contributed by atoms with Gasteiger partial charge in [-0.25, -0.2) is 18.4 Å². The van der Waals surface area contributed by atoms with Crippen LogP contribution >= 0.6 is 7.70 Å². The number of anilines is 1. The van der Waals surface area contributed by atoms with Crippen LogP contribution in [0, 0.1) is 17.8 Å². The van der Waals surface area contributed by atoms with Gasteiger partial charge in [-0.15, -0.1) is 10.2 Å². The number of unbranched alkanes of at least 4 members (excludes halogenated alkanes) is 2. The monoisotopic (exact) mass is 927 g/mol. The maximum atomic E-state index is 13.1. The predicted octanol–water partition coefficient (Wildman–Crippen LogP) is 2.49. The van der Waals surface area contributed by atoms with Gasteiger partial charge >= 0.3 is 0 Å². The number of rotatable bonds is 29. The Hall–Kier alpha value is -5.16. The molecule has 64 heavy (non-hydrogen) atoms. The number of aliphatic hydroxyl groups excluding tert-OH is 1. The largest absolute Gasteiger partial charge is 0.392 e. The summed E-state index contributed by atoms with van der Waals surface area (Å²) in [6.07, 6.45) is 14.0. The molecule has 3 atom stereocenters. The van der Waals surface area contributed by atoms with Crippen molar-refractivity contribution in [1.29, 1.82) is 0 Å². The molecule has 2 aromatic heterocycles. The molecule has 2 heterocycles. The van der Waals surface area contributed by atoms with Crippen LogP contribution in [0.25, 0.3) is 0 Å². The molecule has 0 spiro atoms. The van der Waals surface area contributed by atoms with Gasteiger partial charge in [0.05, 0.1) is 36.8 Å². The van der Waals surface area contributed by atoms with E-state index in [0.29, 0.717) is 80.7 Å². The van der Waals surface area contributed by atoms with Crippen molar-refractivity contribution in [2.75, 3.05) is 51.1 Å². The quantitative estimate of drug-likeness (QED) is 0.0253. The Kier molecular flexibility index (Phi) is 23.2. The molecule has 1 aromatic carbocycles. The molecule has 0 saturated carbocycles. The van der Waals surface area contributed by atoms with Crippen molar-refractivity contribution in [3.63, 3.8) is 0 Å². The van der Waals surface area contributed by atoms with Gasteiger partial charge in [-0.3, -0.25) is 23.9 Å². The standard InChI is InChI=1S/C43H63N10O9PS/c1-32(24-44-39(56)30-61-31-40(57)50-37(13-10-11-21-48-63(4)5)41(58)49-35-17-15-33(29-54)16-18-35)19-23-62-43(2,3)20-22-53-28-36(51-52-53)27-45-38(55)14-9-7-8-12-34-25-46-42(47-26-34)64(6,59)60/h15-18,25-26,28,32,37,48,54H,4,7,9-11,13-14,19-24,27,29-31H2,1-3,5-6H3,(H3-,44,45,49,50,55,56,57,58)/p+1/t32?,37-/m0/s1. The summed E-state index contributed by atoms with van der Waals surface area (Å²) >= 11 is 0. The van der Waals surface area contributed by atoms with Crippen molar-refractivity contribution in [3.05, 3.63) is 59.7 Å². The Labute approximate surface area is 377 Å². The van der Waals surface area contributed by atoms with Crippen molar-refractivity contribution in [3.8, 4) is 11.8 Å². The highest BCUT2D eigenvalue weighted by Crippen LogP contribution is 2.17. The smallest absolute Gasteiger partial charge is 0.246 e. The van der Waals surface area contributed by atoms with E-state index in [4.69, 9.17) is 9.47 Å². The molecule has 4 amide bonds. The summed E-state index contributed by atoms with van der Waals surface area (Å²) in [5.74, 6) is 4.52. The third-order valence-corrected chi connectivity index (χ3v) is 11.1. The lowest BCUT2D eigenvalue weighted by molar-refractivity contribution is -0.133. The van der Waals surface area contributed by atoms with E-state index in [9.17, 15) is 32.7 Å². The lowest BCUT2D eigenvalue weighted by atomic mass is 10.0. The topological polar surface area (TPSA) is 258 Å². The number of nitrogens with zero attached hydrogens (tertiary/aromatic N) is 5. The Morgan fingerprint density at radius 3 is 2.41 bits per heavy atom. The highest BCUT2D eigenvalue weighted by molar-refractivity contribution is 7.90. The maximum absolute atomic E-state index is 13.1. The number of hydrogen-bond donors (Lipinski definition) is 6. The number of hydrogen-bond acceptors (Lipinski definition) is 14. The number of carbonyl (C=O) groups excluding carboxylic acids is 4. The number of aryl methyl sites for hydroxylation is 1. The molecule has 0 fully saturated rings. The SMILES string of the molecule is C=[P+](C)NCCCC[C@H](NC(=O)COCC(=O)NCC(C)CCOC(C)(C)CCn1cc(CNC(=O)CCCC#Cc2cnc(S(C)(=O)=O)nc2)nn1)C(=O)Nc1ccc(CO)cc1. The van der Waals surface area contributed by atoms with E-state index < -0.39 is 35.1 Å². The van der Waals surface area contributed by atoms with E-state index in [1.165, 1.54) is 12.4 Å². The maximum Gasteiger partial charge on any atom is 0.246 e. The summed E-state index contributed by atoms with van der Waals surface area (Å²) in [4.78, 5) is 58.2. The van der Waals surface area contributed by atoms with Crippen LogP contribution in [0.2, 0.25) is 0 Å². The minimum absolute atomic E-state index is 0.111. The highest BCUT2D eigenvalue weighted by atomic mass is 32.2. The third-order valence-electron chi connectivity index (χ3n) is 9.47. The van der Waals surface area contributed by atoms with Crippen LogP contribution in [-0.4, -0.2) is 126 Å². The highest BCUT2D eigenvalue weighted by Gasteiger charge is 2.22. The van der Waals surface area contributed by atoms with Gasteiger partial charge in [0.25, 0.3) is 0 Å². The van der Waals surface area contributed by atoms with Gasteiger partial charge in [0.15, 0.2) is 7.70 Å². The molecule has 19 nitrogen and oxygen atoms in total. The summed E-state index contributed by atoms with van der Waals surface area (Å²) in [5, 5.41) is 31.9. The fraction of sp³-hybridized carbons (Fsp3) is 0.558. The molecule has 3 rings (SSSR count). The minimum Gasteiger partial charge on any atom is -0.392 e. The van der Waals surface area contributed by atoms with Crippen LogP contribution in [0.4, 0.5) is 5.69 Å². The number of aliphatic hydroxyl groups is 1. The van der Waals surface area contributed by atoms with Crippen LogP contribution in [0.5, 0.6) is 0 Å². The predicted molar refractivity (Wildman–Crippen MR) is 245 cm³/mol. The molecule has 0 aliphatic carbocycles. The van der Waals surface area contributed by atoms with Crippen molar-refractivity contribution in [1.82, 2.24) is 46.0 Å². The van der Waals surface area contributed by atoms with E-state index in [0.717, 1.165) is 19.2 Å². The van der Waals surface area contributed by atoms with Crippen molar-refractivity contribution < 1.29 is 42.2 Å². The summed E-state index contributed by atoms with van der Waals surface area (Å²) in [5.41, 5.74) is 1.91. The molecular formula is C43H64N10O9PS+. The second kappa shape index (κ2) is 27.9. The van der Waals surface area contributed by atoms with Gasteiger partial charge in [0, 0.05) is 63.4 Å². The molecule has 0 aliphatic rings. The number of carbonyl (C=O) groups is 4. The average molecular weight is 928 g/mol. The van der Waals surface area contributed by atoms with Gasteiger partial charge < -0.3 is 35.8 Å². The van der Waals surface area contributed by atoms with Gasteiger partial charge in [0.2, 0.25) is 38.6 Å². The Bertz CT molecular complexity index is 2140. The number of nitrogens with one attached hydrogen (secondary N) is 5. The number of aromatic nitrogens is 5. The van der Waals surface area contributed by atoms with Gasteiger partial charge in [0.1, 0.15) is 31.6 Å². The molecule has 350 valence electrons. The second-order valence-corrected chi connectivity index (χ2v) is 19.7. The zero-order valence-corrected chi connectivity index (χ0v) is 39.2. The van der Waals surface area contributed by atoms with Crippen LogP contribution in [-0.2, 0) is 58.2 Å². The number of amides is 4. The first-order chi connectivity index (χ1) is 30.4. The Morgan fingerprint density at radius 1 is 1.00 bits per heavy atom. The third kappa shape index (κ3) is 22.5. The van der Waals surface area contributed by atoms with Crippen LogP contribution in [0.3, 0.4) is 0 Å². The first-order valence-corrected chi connectivity index (χ1v) is 25.0. The average Bonchev–Trinajstić information content (AvgIpc) is 3.71. The number of ether oxygens (including phenoxy) is 2. The molecule has 0 saturated heterocycles. The lowest BCUT2D eigenvalue weighted by Gasteiger charge is -2.26. The van der Waals surface area contributed by atoms with E-state index in [-0.39, 0.29) is 61.6 Å². The van der Waals surface area contributed by atoms with Gasteiger partial charge in [-0.1, -0.05) is 36.1 Å². The molecule has 0 aliphatic heterocycles. The summed E-state index contributed by atoms with van der Waals surface area (Å²) < 4.78 is 36.2. The summed E-state index contributed by atoms with van der Waals surface area (Å²) in [6.45, 7) is 9.62. The Morgan fingerprint density at radius 2 is 1.72 bits per heavy atom. The van der Waals surface area contributed by atoms with Gasteiger partial charge in [-0.05, 0) is 76.0 Å². The molecular weight excluding hydrogens is 864 g/mol. The van der Waals surface area contributed by atoms with E-state index in [1.807, 2.05) is 27.4 Å². The number of benzene rings is 1. The van der Waals surface area contributed by atoms with Crippen molar-refractivity contribution in [2.45, 2.75) is 109 Å². The first kappa shape index (κ1) is 53.2. The van der Waals surface area contributed by atoms with Crippen LogP contribution in [0.15, 0.2) is 48.0 Å². The Balaban J connectivity index is 1.27. The van der Waals surface area contributed by atoms with Crippen LogP contribution < -0.4 is 26.4 Å². The van der Waals surface area contributed by atoms with Crippen molar-refractivity contribution in [2.24, 2.45) is 5.92 Å². The first-order valence-electron chi connectivity index (χ1n) is 21.1. The van der Waals surface area contributed by atoms with E-state index in [2.05, 4.69) is 64.8 Å². The van der Waals surface area contributed by atoms with Gasteiger partial charge in [-0.2, -0.15) is 0 Å². The molecule has 3 aromatic rings.